The van der Waals surface area contributed by atoms with E-state index in [2.05, 4.69) is 5.32 Å². The van der Waals surface area contributed by atoms with E-state index >= 15 is 0 Å². The van der Waals surface area contributed by atoms with Gasteiger partial charge >= 0.3 is 18.4 Å². The van der Waals surface area contributed by atoms with Crippen molar-refractivity contribution in [1.29, 1.82) is 0 Å². The molecule has 2 amide bonds. The van der Waals surface area contributed by atoms with Gasteiger partial charge in [0.2, 0.25) is 0 Å². The molecule has 0 bridgehead atoms. The van der Waals surface area contributed by atoms with E-state index in [9.17, 15) is 35.5 Å². The SMILES string of the molecule is Cc1cc(F)ccc1C1C(CNC2CC2)CCN1C(=O)N(C)C(C)c1cc(C(F)(F)F)cc(C(F)(F)F)c1. The van der Waals surface area contributed by atoms with Gasteiger partial charge in [-0.3, -0.25) is 0 Å². The molecule has 3 unspecified atom stereocenters. The summed E-state index contributed by atoms with van der Waals surface area (Å²) in [6, 6.07) is 4.13. The van der Waals surface area contributed by atoms with Crippen LogP contribution in [0.3, 0.4) is 0 Å². The molecule has 3 atom stereocenters. The van der Waals surface area contributed by atoms with E-state index in [0.29, 0.717) is 43.2 Å². The third-order valence-electron chi connectivity index (χ3n) is 7.54. The second-order valence-corrected chi connectivity index (χ2v) is 10.3. The lowest BCUT2D eigenvalue weighted by Crippen LogP contribution is -2.43. The van der Waals surface area contributed by atoms with Gasteiger partial charge in [-0.2, -0.15) is 26.3 Å². The molecule has 1 heterocycles. The predicted octanol–water partition coefficient (Wildman–Crippen LogP) is 7.10. The molecule has 1 saturated carbocycles. The number of amides is 2. The zero-order chi connectivity index (χ0) is 28.0. The normalized spacial score (nSPS) is 21.1. The van der Waals surface area contributed by atoms with Gasteiger partial charge in [-0.05, 0) is 86.1 Å². The molecule has 0 spiro atoms. The molecule has 4 nitrogen and oxygen atoms in total. The van der Waals surface area contributed by atoms with Gasteiger partial charge in [0.1, 0.15) is 5.82 Å². The van der Waals surface area contributed by atoms with Crippen LogP contribution in [0, 0.1) is 18.7 Å². The van der Waals surface area contributed by atoms with Crippen LogP contribution in [-0.4, -0.2) is 42.0 Å². The van der Waals surface area contributed by atoms with Crippen molar-refractivity contribution < 1.29 is 35.5 Å². The van der Waals surface area contributed by atoms with Gasteiger partial charge in [-0.1, -0.05) is 6.07 Å². The maximum Gasteiger partial charge on any atom is 0.416 e. The maximum absolute atomic E-state index is 13.8. The second-order valence-electron chi connectivity index (χ2n) is 10.3. The highest BCUT2D eigenvalue weighted by molar-refractivity contribution is 5.76. The fourth-order valence-electron chi connectivity index (χ4n) is 5.09. The van der Waals surface area contributed by atoms with Gasteiger partial charge < -0.3 is 15.1 Å². The molecule has 4 rings (SSSR count). The highest BCUT2D eigenvalue weighted by Gasteiger charge is 2.42. The quantitative estimate of drug-likeness (QED) is 0.393. The summed E-state index contributed by atoms with van der Waals surface area (Å²) in [4.78, 5) is 16.5. The van der Waals surface area contributed by atoms with Gasteiger partial charge in [-0.15, -0.1) is 0 Å². The number of hydrogen-bond acceptors (Lipinski definition) is 2. The summed E-state index contributed by atoms with van der Waals surface area (Å²) in [6.45, 7) is 4.13. The number of carbonyl (C=O) groups excluding carboxylic acids is 1. The van der Waals surface area contributed by atoms with Crippen LogP contribution in [0.2, 0.25) is 0 Å². The van der Waals surface area contributed by atoms with Gasteiger partial charge in [0, 0.05) is 26.2 Å². The Hall–Kier alpha value is -2.82. The van der Waals surface area contributed by atoms with Crippen LogP contribution in [-0.2, 0) is 12.4 Å². The molecule has 2 fully saturated rings. The highest BCUT2D eigenvalue weighted by atomic mass is 19.4. The highest BCUT2D eigenvalue weighted by Crippen LogP contribution is 2.42. The fraction of sp³-hybridized carbons (Fsp3) is 0.519. The van der Waals surface area contributed by atoms with Crippen molar-refractivity contribution in [2.75, 3.05) is 20.1 Å². The minimum atomic E-state index is -4.99. The summed E-state index contributed by atoms with van der Waals surface area (Å²) in [5, 5.41) is 3.47. The topological polar surface area (TPSA) is 35.6 Å². The minimum absolute atomic E-state index is 0.0119. The molecule has 0 aromatic heterocycles. The molecular weight excluding hydrogens is 515 g/mol. The standard InChI is InChI=1S/C27H30F7N3O/c1-15-10-21(28)4-7-23(15)24-17(14-35-22-5-6-22)8-9-37(24)25(38)36(3)16(2)18-11-19(26(29,30)31)13-20(12-18)27(32,33)34/h4,7,10-13,16-17,22,24,35H,5-6,8-9,14H2,1-3H3. The summed E-state index contributed by atoms with van der Waals surface area (Å²) in [5.41, 5.74) is -1.71. The monoisotopic (exact) mass is 545 g/mol. The van der Waals surface area contributed by atoms with Crippen molar-refractivity contribution in [3.63, 3.8) is 0 Å². The van der Waals surface area contributed by atoms with Crippen LogP contribution < -0.4 is 5.32 Å². The number of urea groups is 1. The van der Waals surface area contributed by atoms with Crippen LogP contribution in [0.25, 0.3) is 0 Å². The number of nitrogens with one attached hydrogen (secondary N) is 1. The number of likely N-dealkylation sites (tertiary alicyclic amines) is 1. The average Bonchev–Trinajstić information content (AvgIpc) is 3.58. The Morgan fingerprint density at radius 3 is 2.16 bits per heavy atom. The Bertz CT molecular complexity index is 1140. The lowest BCUT2D eigenvalue weighted by molar-refractivity contribution is -0.143. The number of nitrogens with zero attached hydrogens (tertiary/aromatic N) is 2. The molecule has 1 aliphatic heterocycles. The second kappa shape index (κ2) is 10.4. The number of halogens is 7. The van der Waals surface area contributed by atoms with Gasteiger partial charge in [0.05, 0.1) is 23.2 Å². The number of benzene rings is 2. The first-order valence-electron chi connectivity index (χ1n) is 12.5. The Morgan fingerprint density at radius 1 is 1.03 bits per heavy atom. The van der Waals surface area contributed by atoms with Gasteiger partial charge in [0.25, 0.3) is 0 Å². The summed E-state index contributed by atoms with van der Waals surface area (Å²) < 4.78 is 94.2. The lowest BCUT2D eigenvalue weighted by atomic mass is 9.90. The van der Waals surface area contributed by atoms with Crippen molar-refractivity contribution in [2.45, 2.75) is 63.6 Å². The third kappa shape index (κ3) is 6.08. The zero-order valence-corrected chi connectivity index (χ0v) is 21.3. The van der Waals surface area contributed by atoms with Crippen LogP contribution >= 0.6 is 0 Å². The summed E-state index contributed by atoms with van der Waals surface area (Å²) in [6.07, 6.45) is -7.17. The summed E-state index contributed by atoms with van der Waals surface area (Å²) >= 11 is 0. The first-order chi connectivity index (χ1) is 17.7. The Morgan fingerprint density at radius 2 is 1.63 bits per heavy atom. The molecule has 1 N–H and O–H groups in total. The summed E-state index contributed by atoms with van der Waals surface area (Å²) in [5.74, 6) is -0.400. The third-order valence-corrected chi connectivity index (χ3v) is 7.54. The number of carbonyl (C=O) groups is 1. The smallest absolute Gasteiger partial charge is 0.321 e. The first kappa shape index (κ1) is 28.2. The van der Waals surface area contributed by atoms with E-state index < -0.39 is 47.4 Å². The lowest BCUT2D eigenvalue weighted by Gasteiger charge is -2.35. The summed E-state index contributed by atoms with van der Waals surface area (Å²) in [7, 11) is 1.37. The molecule has 38 heavy (non-hydrogen) atoms. The molecule has 2 aliphatic rings. The Balaban J connectivity index is 1.64. The average molecular weight is 546 g/mol. The molecule has 2 aromatic rings. The van der Waals surface area contributed by atoms with E-state index in [1.54, 1.807) is 17.9 Å². The van der Waals surface area contributed by atoms with Crippen LogP contribution in [0.4, 0.5) is 35.5 Å². The van der Waals surface area contributed by atoms with E-state index in [1.165, 1.54) is 26.1 Å². The van der Waals surface area contributed by atoms with Gasteiger partial charge in [-0.25, -0.2) is 9.18 Å². The zero-order valence-electron chi connectivity index (χ0n) is 21.3. The van der Waals surface area contributed by atoms with Gasteiger partial charge in [0.15, 0.2) is 0 Å². The maximum atomic E-state index is 13.8. The van der Waals surface area contributed by atoms with Crippen LogP contribution in [0.1, 0.15) is 66.1 Å². The van der Waals surface area contributed by atoms with E-state index in [4.69, 9.17) is 0 Å². The Labute approximate surface area is 216 Å². The minimum Gasteiger partial charge on any atom is -0.321 e. The molecule has 1 aliphatic carbocycles. The van der Waals surface area contributed by atoms with Crippen molar-refractivity contribution in [1.82, 2.24) is 15.1 Å². The Kier molecular flexibility index (Phi) is 7.71. The first-order valence-corrected chi connectivity index (χ1v) is 12.5. The van der Waals surface area contributed by atoms with E-state index in [1.807, 2.05) is 0 Å². The molecule has 0 radical (unpaired) electrons. The molecule has 1 saturated heterocycles. The largest absolute Gasteiger partial charge is 0.416 e. The van der Waals surface area contributed by atoms with Crippen molar-refractivity contribution >= 4 is 6.03 Å². The number of hydrogen-bond donors (Lipinski definition) is 1. The van der Waals surface area contributed by atoms with Crippen molar-refractivity contribution in [3.8, 4) is 0 Å². The van der Waals surface area contributed by atoms with E-state index in [0.717, 1.165) is 23.3 Å². The van der Waals surface area contributed by atoms with Crippen molar-refractivity contribution in [3.05, 3.63) is 70.0 Å². The van der Waals surface area contributed by atoms with Crippen LogP contribution in [0.5, 0.6) is 0 Å². The fourth-order valence-corrected chi connectivity index (χ4v) is 5.09. The van der Waals surface area contributed by atoms with Crippen molar-refractivity contribution in [2.24, 2.45) is 5.92 Å². The molecular formula is C27H30F7N3O. The van der Waals surface area contributed by atoms with Crippen LogP contribution in [0.15, 0.2) is 36.4 Å². The van der Waals surface area contributed by atoms with E-state index in [-0.39, 0.29) is 17.5 Å². The number of aryl methyl sites for hydroxylation is 1. The molecule has 208 valence electrons. The predicted molar refractivity (Wildman–Crippen MR) is 128 cm³/mol. The molecule has 11 heteroatoms. The number of rotatable bonds is 6. The number of alkyl halides is 6. The molecule has 2 aromatic carbocycles.